The van der Waals surface area contributed by atoms with Gasteiger partial charge in [-0.2, -0.15) is 0 Å². The van der Waals surface area contributed by atoms with Gasteiger partial charge >= 0.3 is 6.03 Å². The van der Waals surface area contributed by atoms with Crippen LogP contribution in [0, 0.1) is 11.8 Å². The summed E-state index contributed by atoms with van der Waals surface area (Å²) in [5.74, 6) is 0.752. The van der Waals surface area contributed by atoms with Gasteiger partial charge in [-0.05, 0) is 24.8 Å². The molecule has 0 saturated carbocycles. The first-order valence-electron chi connectivity index (χ1n) is 8.83. The molecule has 1 atom stereocenters. The number of nitrogens with one attached hydrogen (secondary N) is 2. The van der Waals surface area contributed by atoms with Crippen LogP contribution in [0.2, 0.25) is 0 Å². The number of urea groups is 1. The van der Waals surface area contributed by atoms with E-state index >= 15 is 0 Å². The Morgan fingerprint density at radius 1 is 1.08 bits per heavy atom. The number of quaternary nitrogens is 1. The van der Waals surface area contributed by atoms with Gasteiger partial charge in [-0.25, -0.2) is 4.79 Å². The molecule has 0 aromatic heterocycles. The molecule has 5 heteroatoms. The Morgan fingerprint density at radius 3 is 2.21 bits per heavy atom. The summed E-state index contributed by atoms with van der Waals surface area (Å²) in [6, 6.07) is 8.41. The molecule has 5 nitrogen and oxygen atoms in total. The molecule has 4 N–H and O–H groups in total. The summed E-state index contributed by atoms with van der Waals surface area (Å²) in [4.78, 5) is 23.2. The van der Waals surface area contributed by atoms with Crippen LogP contribution in [0.5, 0.6) is 0 Å². The fourth-order valence-electron chi connectivity index (χ4n) is 2.76. The van der Waals surface area contributed by atoms with Gasteiger partial charge in [0.25, 0.3) is 5.91 Å². The Hall–Kier alpha value is -1.88. The van der Waals surface area contributed by atoms with Crippen molar-refractivity contribution in [3.63, 3.8) is 0 Å². The van der Waals surface area contributed by atoms with Gasteiger partial charge in [0.05, 0.1) is 0 Å². The van der Waals surface area contributed by atoms with E-state index in [2.05, 4.69) is 62.6 Å². The van der Waals surface area contributed by atoms with E-state index in [9.17, 15) is 9.59 Å². The Labute approximate surface area is 145 Å². The average Bonchev–Trinajstić information content (AvgIpc) is 2.48. The fourth-order valence-corrected chi connectivity index (χ4v) is 2.76. The van der Waals surface area contributed by atoms with Crippen LogP contribution in [0.15, 0.2) is 24.3 Å². The van der Waals surface area contributed by atoms with Crippen LogP contribution >= 0.6 is 0 Å². The topological polar surface area (TPSA) is 74.8 Å². The normalized spacial score (nSPS) is 12.3. The Bertz CT molecular complexity index is 524. The van der Waals surface area contributed by atoms with Gasteiger partial charge in [0.2, 0.25) is 0 Å². The maximum absolute atomic E-state index is 11.9. The predicted octanol–water partition coefficient (Wildman–Crippen LogP) is 1.99. The molecule has 1 rings (SSSR count). The zero-order valence-electron chi connectivity index (χ0n) is 15.6. The number of carbonyl (C=O) groups is 2. The zero-order chi connectivity index (χ0) is 18.1. The molecule has 0 bridgehead atoms. The lowest BCUT2D eigenvalue weighted by atomic mass is 9.94. The molecule has 1 aromatic carbocycles. The Kier molecular flexibility index (Phi) is 8.47. The fraction of sp³-hybridized carbons (Fsp3) is 0.579. The van der Waals surface area contributed by atoms with Crippen LogP contribution in [0.4, 0.5) is 4.79 Å². The van der Waals surface area contributed by atoms with Crippen molar-refractivity contribution in [2.24, 2.45) is 11.8 Å². The van der Waals surface area contributed by atoms with E-state index in [1.165, 1.54) is 11.1 Å². The number of imide groups is 1. The molecule has 134 valence electrons. The molecule has 0 heterocycles. The summed E-state index contributed by atoms with van der Waals surface area (Å²) >= 11 is 0. The number of hydrogen-bond acceptors (Lipinski definition) is 2. The van der Waals surface area contributed by atoms with Gasteiger partial charge in [-0.3, -0.25) is 10.1 Å². The van der Waals surface area contributed by atoms with Crippen molar-refractivity contribution in [2.75, 3.05) is 13.1 Å². The van der Waals surface area contributed by atoms with Crippen molar-refractivity contribution in [3.8, 4) is 0 Å². The number of hydrogen-bond donors (Lipinski definition) is 3. The summed E-state index contributed by atoms with van der Waals surface area (Å²) in [5, 5.41) is 6.89. The van der Waals surface area contributed by atoms with Gasteiger partial charge in [-0.1, -0.05) is 52.0 Å². The number of nitrogens with two attached hydrogens (primary N) is 1. The smallest absolute Gasteiger partial charge is 0.321 e. The summed E-state index contributed by atoms with van der Waals surface area (Å²) in [6.07, 6.45) is 1.07. The molecule has 0 saturated heterocycles. The third kappa shape index (κ3) is 7.13. The maximum Gasteiger partial charge on any atom is 0.321 e. The highest BCUT2D eigenvalue weighted by molar-refractivity contribution is 5.94. The van der Waals surface area contributed by atoms with Gasteiger partial charge in [-0.15, -0.1) is 0 Å². The van der Waals surface area contributed by atoms with Crippen molar-refractivity contribution in [1.29, 1.82) is 0 Å². The van der Waals surface area contributed by atoms with E-state index in [-0.39, 0.29) is 18.5 Å². The third-order valence-corrected chi connectivity index (χ3v) is 3.87. The van der Waals surface area contributed by atoms with E-state index in [0.717, 1.165) is 6.42 Å². The van der Waals surface area contributed by atoms with E-state index in [4.69, 9.17) is 0 Å². The molecule has 24 heavy (non-hydrogen) atoms. The Balaban J connectivity index is 2.64. The first kappa shape index (κ1) is 20.2. The first-order valence-corrected chi connectivity index (χ1v) is 8.83. The highest BCUT2D eigenvalue weighted by atomic mass is 16.2. The lowest BCUT2D eigenvalue weighted by molar-refractivity contribution is -0.692. The largest absolute Gasteiger partial charge is 0.338 e. The molecule has 0 unspecified atom stereocenters. The predicted molar refractivity (Wildman–Crippen MR) is 96.6 cm³/mol. The maximum atomic E-state index is 11.9. The monoisotopic (exact) mass is 334 g/mol. The summed E-state index contributed by atoms with van der Waals surface area (Å²) in [5.41, 5.74) is 2.55. The lowest BCUT2D eigenvalue weighted by Crippen LogP contribution is -2.88. The van der Waals surface area contributed by atoms with Gasteiger partial charge in [0, 0.05) is 18.0 Å². The molecule has 0 radical (unpaired) electrons. The van der Waals surface area contributed by atoms with E-state index in [1.807, 2.05) is 12.2 Å². The highest BCUT2D eigenvalue weighted by Gasteiger charge is 2.21. The SMILES string of the molecule is CCNC(=O)NC(=O)C[NH2+][C@H](c1ccc(CC(C)C)cc1)C(C)C. The zero-order valence-corrected chi connectivity index (χ0v) is 15.6. The van der Waals surface area contributed by atoms with Gasteiger partial charge in [0.15, 0.2) is 6.54 Å². The van der Waals surface area contributed by atoms with E-state index in [0.29, 0.717) is 18.4 Å². The van der Waals surface area contributed by atoms with Crippen molar-refractivity contribution in [3.05, 3.63) is 35.4 Å². The van der Waals surface area contributed by atoms with Crippen LogP contribution < -0.4 is 16.0 Å². The van der Waals surface area contributed by atoms with Gasteiger partial charge in [0.1, 0.15) is 6.04 Å². The van der Waals surface area contributed by atoms with Crippen molar-refractivity contribution in [1.82, 2.24) is 10.6 Å². The molecular weight excluding hydrogens is 302 g/mol. The molecule has 0 aliphatic rings. The third-order valence-electron chi connectivity index (χ3n) is 3.87. The second-order valence-corrected chi connectivity index (χ2v) is 6.96. The molecule has 0 spiro atoms. The molecule has 0 aliphatic carbocycles. The summed E-state index contributed by atoms with van der Waals surface area (Å²) in [7, 11) is 0. The molecule has 3 amide bonds. The van der Waals surface area contributed by atoms with Gasteiger partial charge < -0.3 is 10.6 Å². The molecule has 0 aliphatic heterocycles. The average molecular weight is 334 g/mol. The number of amides is 3. The van der Waals surface area contributed by atoms with E-state index in [1.54, 1.807) is 0 Å². The summed E-state index contributed by atoms with van der Waals surface area (Å²) < 4.78 is 0. The van der Waals surface area contributed by atoms with Crippen molar-refractivity contribution < 1.29 is 14.9 Å². The minimum absolute atomic E-state index is 0.193. The minimum Gasteiger partial charge on any atom is -0.338 e. The van der Waals surface area contributed by atoms with Crippen molar-refractivity contribution >= 4 is 11.9 Å². The highest BCUT2D eigenvalue weighted by Crippen LogP contribution is 2.19. The lowest BCUT2D eigenvalue weighted by Gasteiger charge is -2.20. The number of rotatable bonds is 8. The van der Waals surface area contributed by atoms with Crippen molar-refractivity contribution in [2.45, 2.75) is 47.1 Å². The standard InChI is InChI=1S/C19H31N3O2/c1-6-20-19(24)22-17(23)12-21-18(14(4)5)16-9-7-15(8-10-16)11-13(2)3/h7-10,13-14,18,21H,6,11-12H2,1-5H3,(H2,20,22,23,24)/p+1/t18-/m0/s1. The second-order valence-electron chi connectivity index (χ2n) is 6.96. The quantitative estimate of drug-likeness (QED) is 0.680. The van der Waals surface area contributed by atoms with Crippen LogP contribution in [0.1, 0.15) is 51.8 Å². The Morgan fingerprint density at radius 2 is 1.71 bits per heavy atom. The first-order chi connectivity index (χ1) is 11.3. The van der Waals surface area contributed by atoms with Crippen LogP contribution in [0.25, 0.3) is 0 Å². The minimum atomic E-state index is -0.435. The van der Waals surface area contributed by atoms with Crippen LogP contribution in [-0.2, 0) is 11.2 Å². The van der Waals surface area contributed by atoms with E-state index < -0.39 is 6.03 Å². The summed E-state index contributed by atoms with van der Waals surface area (Å²) in [6.45, 7) is 11.3. The number of benzene rings is 1. The molecular formula is C19H32N3O2+. The number of carbonyl (C=O) groups excluding carboxylic acids is 2. The molecule has 1 aromatic rings. The van der Waals surface area contributed by atoms with Crippen LogP contribution in [-0.4, -0.2) is 25.0 Å². The second kappa shape index (κ2) is 10.1. The van der Waals surface area contributed by atoms with Crippen LogP contribution in [0.3, 0.4) is 0 Å². The molecule has 0 fully saturated rings.